The molecule has 0 spiro atoms. The number of aliphatic carboxylic acids is 1. The molecule has 3 N–H and O–H groups in total. The smallest absolute Gasteiger partial charge is 0.335 e. The molecular weight excluding hydrogens is 352 g/mol. The van der Waals surface area contributed by atoms with Crippen LogP contribution in [0.2, 0.25) is 0 Å². The fourth-order valence-electron chi connectivity index (χ4n) is 2.95. The summed E-state index contributed by atoms with van der Waals surface area (Å²) < 4.78 is 16.5. The molecule has 1 heterocycles. The maximum Gasteiger partial charge on any atom is 0.335 e. The molecule has 0 amide bonds. The highest BCUT2D eigenvalue weighted by atomic mass is 16.7. The van der Waals surface area contributed by atoms with E-state index in [1.807, 2.05) is 60.7 Å². The Morgan fingerprint density at radius 2 is 1.33 bits per heavy atom. The summed E-state index contributed by atoms with van der Waals surface area (Å²) in [5, 5.41) is 29.9. The summed E-state index contributed by atoms with van der Waals surface area (Å²) in [6.07, 6.45) is -6.75. The van der Waals surface area contributed by atoms with Crippen LogP contribution in [0.5, 0.6) is 0 Å². The van der Waals surface area contributed by atoms with Crippen molar-refractivity contribution in [3.05, 3.63) is 71.8 Å². The van der Waals surface area contributed by atoms with Crippen molar-refractivity contribution in [3.63, 3.8) is 0 Å². The van der Waals surface area contributed by atoms with Crippen molar-refractivity contribution in [1.29, 1.82) is 0 Å². The quantitative estimate of drug-likeness (QED) is 0.671. The van der Waals surface area contributed by atoms with E-state index >= 15 is 0 Å². The third-order valence-corrected chi connectivity index (χ3v) is 4.35. The monoisotopic (exact) mass is 374 g/mol. The summed E-state index contributed by atoms with van der Waals surface area (Å²) in [7, 11) is 0. The summed E-state index contributed by atoms with van der Waals surface area (Å²) >= 11 is 0. The number of aliphatic hydroxyl groups excluding tert-OH is 2. The Balaban J connectivity index is 1.73. The molecule has 0 unspecified atom stereocenters. The van der Waals surface area contributed by atoms with Crippen LogP contribution in [0.15, 0.2) is 60.7 Å². The number of benzene rings is 2. The van der Waals surface area contributed by atoms with Crippen molar-refractivity contribution in [2.75, 3.05) is 0 Å². The van der Waals surface area contributed by atoms with Crippen LogP contribution in [0, 0.1) is 0 Å². The van der Waals surface area contributed by atoms with Gasteiger partial charge in [0.15, 0.2) is 12.4 Å². The van der Waals surface area contributed by atoms with Crippen molar-refractivity contribution >= 4 is 5.97 Å². The number of ether oxygens (including phenoxy) is 3. The number of carbonyl (C=O) groups is 1. The predicted octanol–water partition coefficient (Wildman–Crippen LogP) is 1.32. The fourth-order valence-corrected chi connectivity index (χ4v) is 2.95. The second-order valence-corrected chi connectivity index (χ2v) is 6.30. The molecular formula is C20H22O7. The van der Waals surface area contributed by atoms with Gasteiger partial charge >= 0.3 is 5.97 Å². The van der Waals surface area contributed by atoms with Crippen LogP contribution >= 0.6 is 0 Å². The third kappa shape index (κ3) is 4.91. The van der Waals surface area contributed by atoms with Gasteiger partial charge in [-0.2, -0.15) is 0 Å². The van der Waals surface area contributed by atoms with E-state index in [0.29, 0.717) is 0 Å². The molecule has 0 aromatic heterocycles. The zero-order valence-corrected chi connectivity index (χ0v) is 14.5. The fraction of sp³-hybridized carbons (Fsp3) is 0.350. The van der Waals surface area contributed by atoms with Crippen LogP contribution in [0.4, 0.5) is 0 Å². The van der Waals surface area contributed by atoms with Crippen molar-refractivity contribution in [1.82, 2.24) is 0 Å². The van der Waals surface area contributed by atoms with Gasteiger partial charge in [-0.15, -0.1) is 0 Å². The van der Waals surface area contributed by atoms with E-state index in [0.717, 1.165) is 11.1 Å². The van der Waals surface area contributed by atoms with Gasteiger partial charge in [-0.3, -0.25) is 0 Å². The maximum atomic E-state index is 11.3. The van der Waals surface area contributed by atoms with E-state index in [1.54, 1.807) is 0 Å². The predicted molar refractivity (Wildman–Crippen MR) is 94.6 cm³/mol. The molecule has 1 saturated heterocycles. The van der Waals surface area contributed by atoms with Crippen LogP contribution in [-0.2, 0) is 32.2 Å². The molecule has 7 heteroatoms. The lowest BCUT2D eigenvalue weighted by Gasteiger charge is -2.41. The zero-order chi connectivity index (χ0) is 19.2. The van der Waals surface area contributed by atoms with E-state index in [9.17, 15) is 20.1 Å². The van der Waals surface area contributed by atoms with E-state index in [2.05, 4.69) is 0 Å². The highest BCUT2D eigenvalue weighted by molar-refractivity contribution is 5.73. The molecule has 1 aliphatic rings. The molecule has 3 rings (SSSR count). The van der Waals surface area contributed by atoms with Crippen molar-refractivity contribution in [3.8, 4) is 0 Å². The van der Waals surface area contributed by atoms with Gasteiger partial charge in [0, 0.05) is 0 Å². The van der Waals surface area contributed by atoms with Crippen molar-refractivity contribution in [2.24, 2.45) is 0 Å². The SMILES string of the molecule is O=C(O)[C@H]1O[C@@H](O)[C@H](OCc2ccccc2)[C@@H](OCc2ccccc2)[C@H]1O. The Morgan fingerprint density at radius 1 is 0.852 bits per heavy atom. The van der Waals surface area contributed by atoms with Crippen LogP contribution in [-0.4, -0.2) is 52.0 Å². The molecule has 0 aliphatic carbocycles. The van der Waals surface area contributed by atoms with Crippen LogP contribution in [0.3, 0.4) is 0 Å². The van der Waals surface area contributed by atoms with E-state index in [1.165, 1.54) is 0 Å². The minimum absolute atomic E-state index is 0.132. The summed E-state index contributed by atoms with van der Waals surface area (Å²) in [4.78, 5) is 11.3. The lowest BCUT2D eigenvalue weighted by Crippen LogP contribution is -2.61. The number of hydrogen-bond donors (Lipinski definition) is 3. The van der Waals surface area contributed by atoms with Gasteiger partial charge < -0.3 is 29.5 Å². The molecule has 7 nitrogen and oxygen atoms in total. The van der Waals surface area contributed by atoms with Gasteiger partial charge in [0.1, 0.15) is 18.3 Å². The summed E-state index contributed by atoms with van der Waals surface area (Å²) in [5.74, 6) is -1.38. The first-order chi connectivity index (χ1) is 13.1. The van der Waals surface area contributed by atoms with Crippen molar-refractivity contribution < 1.29 is 34.3 Å². The summed E-state index contributed by atoms with van der Waals surface area (Å²) in [6.45, 7) is 0.286. The molecule has 0 radical (unpaired) electrons. The first kappa shape index (κ1) is 19.5. The molecule has 1 aliphatic heterocycles. The summed E-state index contributed by atoms with van der Waals surface area (Å²) in [5.41, 5.74) is 1.71. The highest BCUT2D eigenvalue weighted by Crippen LogP contribution is 2.27. The maximum absolute atomic E-state index is 11.3. The number of carboxylic acid groups (broad SMARTS) is 1. The number of carboxylic acids is 1. The number of hydrogen-bond acceptors (Lipinski definition) is 6. The Bertz CT molecular complexity index is 722. The average molecular weight is 374 g/mol. The van der Waals surface area contributed by atoms with Gasteiger partial charge in [-0.05, 0) is 11.1 Å². The van der Waals surface area contributed by atoms with Gasteiger partial charge in [0.05, 0.1) is 13.2 Å². The normalized spacial score (nSPS) is 28.0. The Hall–Kier alpha value is -2.29. The highest BCUT2D eigenvalue weighted by Gasteiger charge is 2.49. The third-order valence-electron chi connectivity index (χ3n) is 4.35. The first-order valence-corrected chi connectivity index (χ1v) is 8.61. The molecule has 5 atom stereocenters. The second kappa shape index (κ2) is 9.07. The minimum atomic E-state index is -1.60. The molecule has 1 fully saturated rings. The molecule has 0 bridgehead atoms. The van der Waals surface area contributed by atoms with Gasteiger partial charge in [0.25, 0.3) is 0 Å². The standard InChI is InChI=1S/C20H22O7/c21-15-16(25-11-13-7-3-1-4-8-13)18(20(24)27-17(15)19(22)23)26-12-14-9-5-2-6-10-14/h1-10,15-18,20-21,24H,11-12H2,(H,22,23)/t15-,16+,17+,18-,20-/m1/s1. The van der Waals surface area contributed by atoms with Crippen molar-refractivity contribution in [2.45, 2.75) is 43.9 Å². The molecule has 2 aromatic carbocycles. The van der Waals surface area contributed by atoms with E-state index < -0.39 is 36.7 Å². The lowest BCUT2D eigenvalue weighted by molar-refractivity contribution is -0.300. The number of rotatable bonds is 7. The lowest BCUT2D eigenvalue weighted by atomic mass is 9.98. The average Bonchev–Trinajstić information content (AvgIpc) is 2.68. The van der Waals surface area contributed by atoms with Gasteiger partial charge in [-0.25, -0.2) is 4.79 Å². The van der Waals surface area contributed by atoms with Crippen LogP contribution < -0.4 is 0 Å². The molecule has 2 aromatic rings. The van der Waals surface area contributed by atoms with E-state index in [4.69, 9.17) is 14.2 Å². The Morgan fingerprint density at radius 3 is 1.81 bits per heavy atom. The molecule has 27 heavy (non-hydrogen) atoms. The first-order valence-electron chi connectivity index (χ1n) is 8.61. The minimum Gasteiger partial charge on any atom is -0.479 e. The van der Waals surface area contributed by atoms with Gasteiger partial charge in [-0.1, -0.05) is 60.7 Å². The van der Waals surface area contributed by atoms with Crippen LogP contribution in [0.1, 0.15) is 11.1 Å². The van der Waals surface area contributed by atoms with E-state index in [-0.39, 0.29) is 13.2 Å². The molecule has 0 saturated carbocycles. The van der Waals surface area contributed by atoms with Crippen LogP contribution in [0.25, 0.3) is 0 Å². The summed E-state index contributed by atoms with van der Waals surface area (Å²) in [6, 6.07) is 18.5. The topological polar surface area (TPSA) is 105 Å². The number of aliphatic hydroxyl groups is 2. The Kier molecular flexibility index (Phi) is 6.54. The molecule has 144 valence electrons. The largest absolute Gasteiger partial charge is 0.479 e. The van der Waals surface area contributed by atoms with Gasteiger partial charge in [0.2, 0.25) is 0 Å². The Labute approximate surface area is 156 Å². The second-order valence-electron chi connectivity index (χ2n) is 6.30. The zero-order valence-electron chi connectivity index (χ0n) is 14.5.